The van der Waals surface area contributed by atoms with Crippen LogP contribution < -0.4 is 11.1 Å². The Bertz CT molecular complexity index is 159. The molecular weight excluding hydrogens is 164 g/mol. The van der Waals surface area contributed by atoms with Crippen LogP contribution in [0.25, 0.3) is 0 Å². The lowest BCUT2D eigenvalue weighted by Crippen LogP contribution is -2.52. The number of ether oxygens (including phenoxy) is 1. The zero-order chi connectivity index (χ0) is 10.3. The zero-order valence-corrected chi connectivity index (χ0v) is 9.02. The summed E-state index contributed by atoms with van der Waals surface area (Å²) >= 11 is 0. The topological polar surface area (TPSA) is 47.3 Å². The van der Waals surface area contributed by atoms with Crippen molar-refractivity contribution in [3.63, 3.8) is 0 Å². The first-order chi connectivity index (χ1) is 6.04. The van der Waals surface area contributed by atoms with E-state index in [4.69, 9.17) is 10.5 Å². The largest absolute Gasteiger partial charge is 0.380 e. The van der Waals surface area contributed by atoms with Gasteiger partial charge in [-0.15, -0.1) is 0 Å². The van der Waals surface area contributed by atoms with E-state index in [1.807, 2.05) is 13.8 Å². The van der Waals surface area contributed by atoms with Crippen LogP contribution in [0.1, 0.15) is 20.8 Å². The molecule has 0 rings (SSSR count). The summed E-state index contributed by atoms with van der Waals surface area (Å²) in [7, 11) is 0. The van der Waals surface area contributed by atoms with Crippen LogP contribution in [-0.2, 0) is 4.74 Å². The SMILES string of the molecule is C=C(C)CNC(C)(CN)COCC. The number of rotatable bonds is 7. The second kappa shape index (κ2) is 6.13. The van der Waals surface area contributed by atoms with Crippen molar-refractivity contribution in [1.82, 2.24) is 5.32 Å². The van der Waals surface area contributed by atoms with E-state index in [-0.39, 0.29) is 5.54 Å². The van der Waals surface area contributed by atoms with Gasteiger partial charge in [0.2, 0.25) is 0 Å². The van der Waals surface area contributed by atoms with Crippen LogP contribution >= 0.6 is 0 Å². The molecule has 0 aliphatic rings. The Morgan fingerprint density at radius 2 is 2.23 bits per heavy atom. The van der Waals surface area contributed by atoms with E-state index in [1.54, 1.807) is 0 Å². The van der Waals surface area contributed by atoms with Gasteiger partial charge in [0.15, 0.2) is 0 Å². The molecule has 0 aliphatic carbocycles. The van der Waals surface area contributed by atoms with Gasteiger partial charge in [0.1, 0.15) is 0 Å². The maximum Gasteiger partial charge on any atom is 0.0657 e. The summed E-state index contributed by atoms with van der Waals surface area (Å²) in [5, 5.41) is 3.33. The van der Waals surface area contributed by atoms with Gasteiger partial charge in [0, 0.05) is 19.7 Å². The average molecular weight is 186 g/mol. The number of hydrogen-bond acceptors (Lipinski definition) is 3. The van der Waals surface area contributed by atoms with Gasteiger partial charge in [-0.05, 0) is 20.8 Å². The number of nitrogens with two attached hydrogens (primary N) is 1. The second-order valence-electron chi connectivity index (χ2n) is 3.71. The molecule has 0 aliphatic heterocycles. The predicted octanol–water partition coefficient (Wildman–Crippen LogP) is 0.906. The maximum atomic E-state index is 5.66. The highest BCUT2D eigenvalue weighted by Crippen LogP contribution is 2.02. The van der Waals surface area contributed by atoms with Gasteiger partial charge in [0.25, 0.3) is 0 Å². The summed E-state index contributed by atoms with van der Waals surface area (Å²) in [4.78, 5) is 0. The van der Waals surface area contributed by atoms with Crippen LogP contribution in [0.4, 0.5) is 0 Å². The molecule has 3 N–H and O–H groups in total. The average Bonchev–Trinajstić information content (AvgIpc) is 2.11. The fourth-order valence-electron chi connectivity index (χ4n) is 0.874. The highest BCUT2D eigenvalue weighted by Gasteiger charge is 2.21. The highest BCUT2D eigenvalue weighted by atomic mass is 16.5. The number of nitrogens with one attached hydrogen (secondary N) is 1. The summed E-state index contributed by atoms with van der Waals surface area (Å²) in [6, 6.07) is 0. The summed E-state index contributed by atoms with van der Waals surface area (Å²) in [5.41, 5.74) is 6.64. The quantitative estimate of drug-likeness (QED) is 0.581. The smallest absolute Gasteiger partial charge is 0.0657 e. The predicted molar refractivity (Wildman–Crippen MR) is 56.8 cm³/mol. The Labute approximate surface area is 81.3 Å². The van der Waals surface area contributed by atoms with Crippen LogP contribution in [0.15, 0.2) is 12.2 Å². The van der Waals surface area contributed by atoms with Gasteiger partial charge >= 0.3 is 0 Å². The van der Waals surface area contributed by atoms with Crippen molar-refractivity contribution in [1.29, 1.82) is 0 Å². The lowest BCUT2D eigenvalue weighted by molar-refractivity contribution is 0.0890. The number of hydrogen-bond donors (Lipinski definition) is 2. The Kier molecular flexibility index (Phi) is 5.95. The normalized spacial score (nSPS) is 15.4. The third-order valence-corrected chi connectivity index (χ3v) is 1.89. The molecule has 0 aromatic heterocycles. The summed E-state index contributed by atoms with van der Waals surface area (Å²) in [6.07, 6.45) is 0. The Morgan fingerprint density at radius 1 is 1.62 bits per heavy atom. The van der Waals surface area contributed by atoms with Gasteiger partial charge in [0.05, 0.1) is 12.1 Å². The van der Waals surface area contributed by atoms with Crippen LogP contribution in [0.3, 0.4) is 0 Å². The minimum Gasteiger partial charge on any atom is -0.380 e. The van der Waals surface area contributed by atoms with Crippen LogP contribution in [0.5, 0.6) is 0 Å². The van der Waals surface area contributed by atoms with Crippen molar-refractivity contribution in [3.05, 3.63) is 12.2 Å². The van der Waals surface area contributed by atoms with Crippen molar-refractivity contribution in [3.8, 4) is 0 Å². The summed E-state index contributed by atoms with van der Waals surface area (Å²) < 4.78 is 5.35. The van der Waals surface area contributed by atoms with Gasteiger partial charge in [-0.25, -0.2) is 0 Å². The Morgan fingerprint density at radius 3 is 2.62 bits per heavy atom. The van der Waals surface area contributed by atoms with Gasteiger partial charge < -0.3 is 15.8 Å². The first-order valence-electron chi connectivity index (χ1n) is 4.71. The minimum atomic E-state index is -0.130. The van der Waals surface area contributed by atoms with Crippen LogP contribution in [-0.4, -0.2) is 31.8 Å². The fourth-order valence-corrected chi connectivity index (χ4v) is 0.874. The van der Waals surface area contributed by atoms with E-state index in [9.17, 15) is 0 Å². The van der Waals surface area contributed by atoms with Gasteiger partial charge in [-0.2, -0.15) is 0 Å². The molecule has 0 aromatic carbocycles. The molecular formula is C10H22N2O. The fraction of sp³-hybridized carbons (Fsp3) is 0.800. The summed E-state index contributed by atoms with van der Waals surface area (Å²) in [5.74, 6) is 0. The highest BCUT2D eigenvalue weighted by molar-refractivity contribution is 4.95. The molecule has 13 heavy (non-hydrogen) atoms. The first kappa shape index (κ1) is 12.6. The van der Waals surface area contributed by atoms with Crippen molar-refractivity contribution in [2.24, 2.45) is 5.73 Å². The molecule has 0 aromatic rings. The van der Waals surface area contributed by atoms with E-state index in [0.29, 0.717) is 13.2 Å². The van der Waals surface area contributed by atoms with Gasteiger partial charge in [-0.3, -0.25) is 0 Å². The van der Waals surface area contributed by atoms with Crippen molar-refractivity contribution in [2.75, 3.05) is 26.3 Å². The molecule has 0 fully saturated rings. The van der Waals surface area contributed by atoms with Crippen LogP contribution in [0.2, 0.25) is 0 Å². The lowest BCUT2D eigenvalue weighted by atomic mass is 10.0. The molecule has 3 heteroatoms. The maximum absolute atomic E-state index is 5.66. The minimum absolute atomic E-state index is 0.130. The molecule has 0 amide bonds. The van der Waals surface area contributed by atoms with E-state index in [0.717, 1.165) is 18.7 Å². The van der Waals surface area contributed by atoms with Crippen molar-refractivity contribution in [2.45, 2.75) is 26.3 Å². The third kappa shape index (κ3) is 5.80. The van der Waals surface area contributed by atoms with Crippen LogP contribution in [0, 0.1) is 0 Å². The molecule has 0 saturated heterocycles. The molecule has 1 atom stereocenters. The second-order valence-corrected chi connectivity index (χ2v) is 3.71. The molecule has 0 bridgehead atoms. The monoisotopic (exact) mass is 186 g/mol. The third-order valence-electron chi connectivity index (χ3n) is 1.89. The standard InChI is InChI=1S/C10H22N2O/c1-5-13-8-10(4,7-11)12-6-9(2)3/h12H,2,5-8,11H2,1,3-4H3. The molecule has 0 spiro atoms. The first-order valence-corrected chi connectivity index (χ1v) is 4.71. The Hall–Kier alpha value is -0.380. The van der Waals surface area contributed by atoms with E-state index in [2.05, 4.69) is 18.8 Å². The lowest BCUT2D eigenvalue weighted by Gasteiger charge is -2.29. The summed E-state index contributed by atoms with van der Waals surface area (Å²) in [6.45, 7) is 12.6. The molecule has 78 valence electrons. The molecule has 0 radical (unpaired) electrons. The van der Waals surface area contributed by atoms with Crippen molar-refractivity contribution >= 4 is 0 Å². The molecule has 0 saturated carbocycles. The molecule has 3 nitrogen and oxygen atoms in total. The molecule has 0 heterocycles. The van der Waals surface area contributed by atoms with Gasteiger partial charge in [-0.1, -0.05) is 12.2 Å². The van der Waals surface area contributed by atoms with E-state index >= 15 is 0 Å². The van der Waals surface area contributed by atoms with E-state index in [1.165, 1.54) is 0 Å². The molecule has 1 unspecified atom stereocenters. The zero-order valence-electron chi connectivity index (χ0n) is 9.02. The van der Waals surface area contributed by atoms with E-state index < -0.39 is 0 Å². The Balaban J connectivity index is 3.87. The van der Waals surface area contributed by atoms with Crippen molar-refractivity contribution < 1.29 is 4.74 Å².